The second-order valence-corrected chi connectivity index (χ2v) is 6.61. The maximum Gasteiger partial charge on any atom is 0.251 e. The van der Waals surface area contributed by atoms with E-state index in [1.165, 1.54) is 36.4 Å². The van der Waals surface area contributed by atoms with Gasteiger partial charge in [-0.2, -0.15) is 0 Å². The summed E-state index contributed by atoms with van der Waals surface area (Å²) >= 11 is 0. The summed E-state index contributed by atoms with van der Waals surface area (Å²) in [5, 5.41) is 2.63. The van der Waals surface area contributed by atoms with E-state index in [1.54, 1.807) is 19.1 Å². The molecule has 0 bridgehead atoms. The number of amides is 1. The molecule has 0 saturated heterocycles. The van der Waals surface area contributed by atoms with Gasteiger partial charge in [-0.1, -0.05) is 25.1 Å². The monoisotopic (exact) mass is 336 g/mol. The second kappa shape index (κ2) is 7.34. The number of rotatable bonds is 6. The zero-order valence-corrected chi connectivity index (χ0v) is 13.4. The van der Waals surface area contributed by atoms with Crippen molar-refractivity contribution >= 4 is 15.9 Å². The van der Waals surface area contributed by atoms with Gasteiger partial charge in [0.05, 0.1) is 4.90 Å². The first kappa shape index (κ1) is 17.1. The standard InChI is InChI=1S/C16H17FN2O3S/c1-2-19-23(21,22)15-8-4-6-13(10-15)16(20)18-11-12-5-3-7-14(17)9-12/h3-10,19H,2,11H2,1H3,(H,18,20). The quantitative estimate of drug-likeness (QED) is 0.848. The fraction of sp³-hybridized carbons (Fsp3) is 0.188. The number of hydrogen-bond acceptors (Lipinski definition) is 3. The second-order valence-electron chi connectivity index (χ2n) is 4.84. The van der Waals surface area contributed by atoms with Crippen LogP contribution >= 0.6 is 0 Å². The molecule has 23 heavy (non-hydrogen) atoms. The van der Waals surface area contributed by atoms with Crippen LogP contribution in [0.4, 0.5) is 4.39 Å². The predicted octanol–water partition coefficient (Wildman–Crippen LogP) is 2.05. The van der Waals surface area contributed by atoms with E-state index in [1.807, 2.05) is 0 Å². The van der Waals surface area contributed by atoms with Gasteiger partial charge < -0.3 is 5.32 Å². The van der Waals surface area contributed by atoms with Gasteiger partial charge in [0.2, 0.25) is 10.0 Å². The summed E-state index contributed by atoms with van der Waals surface area (Å²) < 4.78 is 39.3. The summed E-state index contributed by atoms with van der Waals surface area (Å²) in [7, 11) is -3.62. The van der Waals surface area contributed by atoms with Crippen molar-refractivity contribution in [2.45, 2.75) is 18.4 Å². The van der Waals surface area contributed by atoms with Crippen molar-refractivity contribution in [2.75, 3.05) is 6.54 Å². The molecule has 5 nitrogen and oxygen atoms in total. The topological polar surface area (TPSA) is 75.3 Å². The molecule has 0 aliphatic heterocycles. The highest BCUT2D eigenvalue weighted by molar-refractivity contribution is 7.89. The number of nitrogens with one attached hydrogen (secondary N) is 2. The van der Waals surface area contributed by atoms with Crippen molar-refractivity contribution in [1.82, 2.24) is 10.0 Å². The van der Waals surface area contributed by atoms with E-state index in [4.69, 9.17) is 0 Å². The minimum Gasteiger partial charge on any atom is -0.348 e. The molecule has 0 saturated carbocycles. The third-order valence-corrected chi connectivity index (χ3v) is 4.63. The Morgan fingerprint density at radius 1 is 1.13 bits per heavy atom. The van der Waals surface area contributed by atoms with E-state index in [-0.39, 0.29) is 29.4 Å². The number of hydrogen-bond donors (Lipinski definition) is 2. The van der Waals surface area contributed by atoms with Crippen molar-refractivity contribution in [2.24, 2.45) is 0 Å². The Morgan fingerprint density at radius 2 is 1.87 bits per heavy atom. The third kappa shape index (κ3) is 4.61. The van der Waals surface area contributed by atoms with Gasteiger partial charge in [-0.25, -0.2) is 17.5 Å². The van der Waals surface area contributed by atoms with Crippen LogP contribution in [0.2, 0.25) is 0 Å². The van der Waals surface area contributed by atoms with Gasteiger partial charge in [-0.15, -0.1) is 0 Å². The lowest BCUT2D eigenvalue weighted by atomic mass is 10.2. The van der Waals surface area contributed by atoms with Crippen molar-refractivity contribution in [1.29, 1.82) is 0 Å². The molecule has 2 aromatic carbocycles. The number of carbonyl (C=O) groups is 1. The molecule has 0 atom stereocenters. The lowest BCUT2D eigenvalue weighted by Crippen LogP contribution is -2.25. The maximum absolute atomic E-state index is 13.1. The smallest absolute Gasteiger partial charge is 0.251 e. The van der Waals surface area contributed by atoms with Crippen LogP contribution in [0.25, 0.3) is 0 Å². The van der Waals surface area contributed by atoms with Gasteiger partial charge in [-0.05, 0) is 35.9 Å². The number of sulfonamides is 1. The molecule has 1 amide bonds. The largest absolute Gasteiger partial charge is 0.348 e. The first-order valence-electron chi connectivity index (χ1n) is 7.05. The number of carbonyl (C=O) groups excluding carboxylic acids is 1. The van der Waals surface area contributed by atoms with E-state index in [9.17, 15) is 17.6 Å². The van der Waals surface area contributed by atoms with Crippen LogP contribution in [0, 0.1) is 5.82 Å². The molecule has 0 aromatic heterocycles. The molecular weight excluding hydrogens is 319 g/mol. The van der Waals surface area contributed by atoms with Crippen LogP contribution in [0.3, 0.4) is 0 Å². The SMILES string of the molecule is CCNS(=O)(=O)c1cccc(C(=O)NCc2cccc(F)c2)c1. The summed E-state index contributed by atoms with van der Waals surface area (Å²) in [6.45, 7) is 2.09. The molecule has 0 radical (unpaired) electrons. The van der Waals surface area contributed by atoms with Gasteiger partial charge in [0, 0.05) is 18.7 Å². The molecule has 122 valence electrons. The zero-order valence-electron chi connectivity index (χ0n) is 12.5. The lowest BCUT2D eigenvalue weighted by molar-refractivity contribution is 0.0950. The average molecular weight is 336 g/mol. The van der Waals surface area contributed by atoms with Crippen molar-refractivity contribution in [3.8, 4) is 0 Å². The Morgan fingerprint density at radius 3 is 2.57 bits per heavy atom. The highest BCUT2D eigenvalue weighted by atomic mass is 32.2. The first-order chi connectivity index (χ1) is 10.9. The summed E-state index contributed by atoms with van der Waals surface area (Å²) in [6.07, 6.45) is 0. The molecule has 0 aliphatic rings. The maximum atomic E-state index is 13.1. The van der Waals surface area contributed by atoms with E-state index < -0.39 is 15.9 Å². The molecule has 2 aromatic rings. The van der Waals surface area contributed by atoms with Gasteiger partial charge >= 0.3 is 0 Å². The van der Waals surface area contributed by atoms with Crippen LogP contribution in [0.5, 0.6) is 0 Å². The Bertz CT molecular complexity index is 806. The summed E-state index contributed by atoms with van der Waals surface area (Å²) in [4.78, 5) is 12.1. The minimum absolute atomic E-state index is 0.0257. The van der Waals surface area contributed by atoms with E-state index in [0.717, 1.165) is 0 Å². The van der Waals surface area contributed by atoms with E-state index in [0.29, 0.717) is 5.56 Å². The Kier molecular flexibility index (Phi) is 5.46. The number of halogens is 1. The normalized spacial score (nSPS) is 11.2. The number of benzene rings is 2. The Balaban J connectivity index is 2.11. The van der Waals surface area contributed by atoms with Gasteiger partial charge in [-0.3, -0.25) is 4.79 Å². The summed E-state index contributed by atoms with van der Waals surface area (Å²) in [5.41, 5.74) is 0.843. The molecule has 0 heterocycles. The Hall–Kier alpha value is -2.25. The van der Waals surface area contributed by atoms with Crippen molar-refractivity contribution in [3.63, 3.8) is 0 Å². The van der Waals surface area contributed by atoms with Crippen molar-refractivity contribution in [3.05, 3.63) is 65.5 Å². The minimum atomic E-state index is -3.62. The average Bonchev–Trinajstić information content (AvgIpc) is 2.53. The van der Waals surface area contributed by atoms with Gasteiger partial charge in [0.1, 0.15) is 5.82 Å². The van der Waals surface area contributed by atoms with Crippen LogP contribution in [-0.2, 0) is 16.6 Å². The fourth-order valence-corrected chi connectivity index (χ4v) is 3.10. The Labute approximate surface area is 134 Å². The van der Waals surface area contributed by atoms with Crippen LogP contribution < -0.4 is 10.0 Å². The van der Waals surface area contributed by atoms with E-state index in [2.05, 4.69) is 10.0 Å². The first-order valence-corrected chi connectivity index (χ1v) is 8.53. The fourth-order valence-electron chi connectivity index (χ4n) is 2.01. The molecule has 0 aliphatic carbocycles. The predicted molar refractivity (Wildman–Crippen MR) is 84.9 cm³/mol. The molecule has 2 N–H and O–H groups in total. The zero-order chi connectivity index (χ0) is 16.9. The molecule has 0 unspecified atom stereocenters. The third-order valence-electron chi connectivity index (χ3n) is 3.08. The summed E-state index contributed by atoms with van der Waals surface area (Å²) in [6, 6.07) is 11.6. The van der Waals surface area contributed by atoms with Crippen LogP contribution in [0.15, 0.2) is 53.4 Å². The molecule has 0 spiro atoms. The molecular formula is C16H17FN2O3S. The lowest BCUT2D eigenvalue weighted by Gasteiger charge is -2.08. The highest BCUT2D eigenvalue weighted by Crippen LogP contribution is 2.12. The molecule has 7 heteroatoms. The highest BCUT2D eigenvalue weighted by Gasteiger charge is 2.15. The van der Waals surface area contributed by atoms with Gasteiger partial charge in [0.15, 0.2) is 0 Å². The van der Waals surface area contributed by atoms with Gasteiger partial charge in [0.25, 0.3) is 5.91 Å². The van der Waals surface area contributed by atoms with Crippen molar-refractivity contribution < 1.29 is 17.6 Å². The van der Waals surface area contributed by atoms with Crippen LogP contribution in [0.1, 0.15) is 22.8 Å². The van der Waals surface area contributed by atoms with E-state index >= 15 is 0 Å². The van der Waals surface area contributed by atoms with Crippen LogP contribution in [-0.4, -0.2) is 20.9 Å². The molecule has 2 rings (SSSR count). The summed E-state index contributed by atoms with van der Waals surface area (Å²) in [5.74, 6) is -0.807. The molecule has 0 fully saturated rings.